The zero-order chi connectivity index (χ0) is 43.1. The Morgan fingerprint density at radius 1 is 0.951 bits per heavy atom. The summed E-state index contributed by atoms with van der Waals surface area (Å²) < 4.78 is 3.59. The number of aryl methyl sites for hydroxylation is 3. The Morgan fingerprint density at radius 3 is 2.38 bits per heavy atom. The molecule has 0 spiro atoms. The van der Waals surface area contributed by atoms with Crippen LogP contribution >= 0.6 is 34.3 Å². The number of hydrogen-bond acceptors (Lipinski definition) is 11. The number of thiophene rings is 1. The van der Waals surface area contributed by atoms with E-state index < -0.39 is 24.2 Å². The van der Waals surface area contributed by atoms with E-state index in [4.69, 9.17) is 16.6 Å². The Hall–Kier alpha value is -5.55. The minimum atomic E-state index is -0.837. The van der Waals surface area contributed by atoms with Gasteiger partial charge in [0.2, 0.25) is 17.7 Å². The second-order valence-corrected chi connectivity index (χ2v) is 18.5. The largest absolute Gasteiger partial charge is 0.391 e. The molecule has 0 aliphatic carbocycles. The van der Waals surface area contributed by atoms with Crippen molar-refractivity contribution < 1.29 is 19.5 Å². The van der Waals surface area contributed by atoms with E-state index in [1.54, 1.807) is 39.7 Å². The number of amides is 3. The van der Waals surface area contributed by atoms with Crippen LogP contribution in [0.3, 0.4) is 0 Å². The molecule has 6 heterocycles. The monoisotopic (exact) mass is 878 g/mol. The summed E-state index contributed by atoms with van der Waals surface area (Å²) >= 11 is 9.49. The number of rotatable bonds is 12. The topological polar surface area (TPSA) is 173 Å². The molecule has 1 saturated heterocycles. The van der Waals surface area contributed by atoms with Crippen molar-refractivity contribution in [3.8, 4) is 15.4 Å². The third kappa shape index (κ3) is 8.54. The summed E-state index contributed by atoms with van der Waals surface area (Å²) in [6.45, 7) is 12.3. The van der Waals surface area contributed by atoms with Crippen molar-refractivity contribution in [2.24, 2.45) is 10.9 Å². The van der Waals surface area contributed by atoms with Gasteiger partial charge in [0.05, 0.1) is 40.5 Å². The number of β-amino-alcohol motifs (C(OH)–C–C–N with tert-alkyl or cyclic N) is 1. The molecule has 0 unspecified atom stereocenters. The summed E-state index contributed by atoms with van der Waals surface area (Å²) in [5, 5.41) is 31.7. The van der Waals surface area contributed by atoms with E-state index in [1.165, 1.54) is 4.90 Å². The standard InChI is InChI=1S/C44H47ClN10O4S2/c1-23(2)39(43(59)53-21-33(56)15-35(53)42(58)47-17-28-7-9-31(10-8-28)40-25(4)48-22-60-40)54-20-29(19-49-54)18-46-36(57)16-34-41-52-51-27(6)55(41)44-37(24(3)26(5)61-44)38(50-34)30-11-13-32(45)14-12-30/h7-14,19-20,22-23,33-35,39,56H,15-18,21H2,1-6H3,(H,46,57)(H,47,58)/t33-,34+,35+,39+/m1/s1. The van der Waals surface area contributed by atoms with Gasteiger partial charge in [0.1, 0.15) is 29.0 Å². The third-order valence-corrected chi connectivity index (χ3v) is 13.8. The van der Waals surface area contributed by atoms with Gasteiger partial charge in [0.25, 0.3) is 0 Å². The van der Waals surface area contributed by atoms with E-state index in [0.29, 0.717) is 22.2 Å². The van der Waals surface area contributed by atoms with Crippen molar-refractivity contribution in [2.75, 3.05) is 6.54 Å². The number of carbonyl (C=O) groups excluding carboxylic acids is 3. The summed E-state index contributed by atoms with van der Waals surface area (Å²) in [5.41, 5.74) is 9.20. The molecule has 2 aliphatic rings. The van der Waals surface area contributed by atoms with Gasteiger partial charge in [0, 0.05) is 58.8 Å². The van der Waals surface area contributed by atoms with Crippen LogP contribution in [0.1, 0.15) is 88.8 Å². The van der Waals surface area contributed by atoms with Gasteiger partial charge in [-0.05, 0) is 62.4 Å². The minimum Gasteiger partial charge on any atom is -0.391 e. The van der Waals surface area contributed by atoms with Crippen LogP contribution in [0.4, 0.5) is 0 Å². The number of nitrogens with one attached hydrogen (secondary N) is 2. The lowest BCUT2D eigenvalue weighted by molar-refractivity contribution is -0.142. The molecule has 2 aromatic carbocycles. The number of fused-ring (bicyclic) bond motifs is 3. The molecule has 0 radical (unpaired) electrons. The summed E-state index contributed by atoms with van der Waals surface area (Å²) in [4.78, 5) is 54.8. The maximum absolute atomic E-state index is 14.2. The Morgan fingerprint density at radius 2 is 1.67 bits per heavy atom. The second kappa shape index (κ2) is 17.4. The van der Waals surface area contributed by atoms with Gasteiger partial charge in [-0.25, -0.2) is 4.98 Å². The average molecular weight is 880 g/mol. The minimum absolute atomic E-state index is 0.0159. The molecular formula is C44H47ClN10O4S2. The molecule has 4 atom stereocenters. The zero-order valence-corrected chi connectivity index (χ0v) is 37.1. The molecule has 3 amide bonds. The molecular weight excluding hydrogens is 832 g/mol. The zero-order valence-electron chi connectivity index (χ0n) is 34.7. The lowest BCUT2D eigenvalue weighted by Crippen LogP contribution is -2.49. The van der Waals surface area contributed by atoms with Crippen LogP contribution in [0.25, 0.3) is 15.4 Å². The van der Waals surface area contributed by atoms with E-state index >= 15 is 0 Å². The summed E-state index contributed by atoms with van der Waals surface area (Å²) in [6.07, 6.45) is 2.68. The highest BCUT2D eigenvalue weighted by molar-refractivity contribution is 7.15. The van der Waals surface area contributed by atoms with Gasteiger partial charge in [-0.3, -0.25) is 28.6 Å². The average Bonchev–Trinajstić information content (AvgIpc) is 4.07. The van der Waals surface area contributed by atoms with Gasteiger partial charge in [-0.2, -0.15) is 5.10 Å². The van der Waals surface area contributed by atoms with Crippen molar-refractivity contribution in [1.82, 2.24) is 45.1 Å². The number of carbonyl (C=O) groups is 3. The Balaban J connectivity index is 0.938. The first-order chi connectivity index (χ1) is 29.3. The van der Waals surface area contributed by atoms with Crippen LogP contribution in [0.2, 0.25) is 5.02 Å². The molecule has 17 heteroatoms. The van der Waals surface area contributed by atoms with Crippen LogP contribution in [0.5, 0.6) is 0 Å². The Labute approximate surface area is 366 Å². The Kier molecular flexibility index (Phi) is 12.1. The Bertz CT molecular complexity index is 2630. The first-order valence-corrected chi connectivity index (χ1v) is 22.3. The first kappa shape index (κ1) is 42.2. The van der Waals surface area contributed by atoms with Crippen molar-refractivity contribution in [3.05, 3.63) is 121 Å². The normalized spacial score (nSPS) is 17.8. The van der Waals surface area contributed by atoms with Crippen LogP contribution < -0.4 is 10.6 Å². The molecule has 0 bridgehead atoms. The molecule has 4 aromatic heterocycles. The maximum Gasteiger partial charge on any atom is 0.248 e. The maximum atomic E-state index is 14.2. The predicted molar refractivity (Wildman–Crippen MR) is 236 cm³/mol. The molecule has 0 saturated carbocycles. The number of benzene rings is 2. The molecule has 8 rings (SSSR count). The van der Waals surface area contributed by atoms with Crippen LogP contribution in [0.15, 0.2) is 71.4 Å². The second-order valence-electron chi connectivity index (χ2n) is 16.0. The fourth-order valence-corrected chi connectivity index (χ4v) is 10.2. The summed E-state index contributed by atoms with van der Waals surface area (Å²) in [5.74, 6) is 0.209. The van der Waals surface area contributed by atoms with Gasteiger partial charge >= 0.3 is 0 Å². The van der Waals surface area contributed by atoms with Crippen molar-refractivity contribution in [2.45, 2.75) is 91.7 Å². The quantitative estimate of drug-likeness (QED) is 0.123. The SMILES string of the molecule is Cc1ncsc1-c1ccc(CNC(=O)[C@@H]2C[C@@H](O)CN2C(=O)[C@H](C(C)C)n2cc(CNC(=O)C[C@@H]3N=C(c4ccc(Cl)cc4)c4c(sc(C)c4C)-n4c(C)nnc43)cn2)cc1. The highest BCUT2D eigenvalue weighted by atomic mass is 35.5. The third-order valence-electron chi connectivity index (χ3n) is 11.3. The van der Waals surface area contributed by atoms with E-state index in [0.717, 1.165) is 54.0 Å². The van der Waals surface area contributed by atoms with E-state index in [9.17, 15) is 19.5 Å². The molecule has 6 aromatic rings. The molecule has 61 heavy (non-hydrogen) atoms. The number of hydrogen-bond donors (Lipinski definition) is 3. The van der Waals surface area contributed by atoms with E-state index in [2.05, 4.69) is 44.8 Å². The fourth-order valence-electron chi connectivity index (χ4n) is 8.04. The van der Waals surface area contributed by atoms with Crippen molar-refractivity contribution in [3.63, 3.8) is 0 Å². The first-order valence-electron chi connectivity index (χ1n) is 20.2. The lowest BCUT2D eigenvalue weighted by Gasteiger charge is -2.30. The van der Waals surface area contributed by atoms with Gasteiger partial charge in [0.15, 0.2) is 5.82 Å². The lowest BCUT2D eigenvalue weighted by atomic mass is 9.99. The highest BCUT2D eigenvalue weighted by Crippen LogP contribution is 2.40. The number of aliphatic hydroxyl groups is 1. The smallest absolute Gasteiger partial charge is 0.248 e. The van der Waals surface area contributed by atoms with Crippen LogP contribution in [-0.4, -0.2) is 81.7 Å². The number of likely N-dealkylation sites (tertiary alicyclic amines) is 1. The van der Waals surface area contributed by atoms with Gasteiger partial charge in [-0.15, -0.1) is 32.9 Å². The molecule has 316 valence electrons. The highest BCUT2D eigenvalue weighted by Gasteiger charge is 2.42. The molecule has 2 aliphatic heterocycles. The number of aliphatic imine (C=N–C) groups is 1. The van der Waals surface area contributed by atoms with Crippen molar-refractivity contribution >= 4 is 57.7 Å². The van der Waals surface area contributed by atoms with Crippen LogP contribution in [-0.2, 0) is 27.5 Å². The molecule has 14 nitrogen and oxygen atoms in total. The van der Waals surface area contributed by atoms with E-state index in [1.807, 2.05) is 86.3 Å². The number of aliphatic hydroxyl groups excluding tert-OH is 1. The summed E-state index contributed by atoms with van der Waals surface area (Å²) in [7, 11) is 0. The fraction of sp³-hybridized carbons (Fsp3) is 0.364. The summed E-state index contributed by atoms with van der Waals surface area (Å²) in [6, 6.07) is 13.3. The van der Waals surface area contributed by atoms with E-state index in [-0.39, 0.29) is 56.1 Å². The number of nitrogens with zero attached hydrogens (tertiary/aromatic N) is 8. The molecule has 1 fully saturated rings. The number of aromatic nitrogens is 6. The van der Waals surface area contributed by atoms with Crippen molar-refractivity contribution in [1.29, 1.82) is 0 Å². The van der Waals surface area contributed by atoms with Gasteiger partial charge in [-0.1, -0.05) is 61.8 Å². The van der Waals surface area contributed by atoms with Gasteiger partial charge < -0.3 is 20.6 Å². The molecule has 3 N–H and O–H groups in total. The predicted octanol–water partition coefficient (Wildman–Crippen LogP) is 6.61. The number of halogens is 1. The van der Waals surface area contributed by atoms with Crippen LogP contribution in [0, 0.1) is 33.6 Å². The number of thiazole rings is 1.